The van der Waals surface area contributed by atoms with Crippen LogP contribution in [0.25, 0.3) is 11.1 Å². The summed E-state index contributed by atoms with van der Waals surface area (Å²) in [6, 6.07) is 27.7. The molecule has 5 rings (SSSR count). The van der Waals surface area contributed by atoms with E-state index in [9.17, 15) is 9.59 Å². The molecule has 0 radical (unpaired) electrons. The molecule has 0 bridgehead atoms. The van der Waals surface area contributed by atoms with Crippen LogP contribution in [0.5, 0.6) is 5.75 Å². The second-order valence-corrected chi connectivity index (χ2v) is 21.7. The number of carbonyl (C=O) groups is 2. The van der Waals surface area contributed by atoms with Crippen molar-refractivity contribution in [3.05, 3.63) is 90.5 Å². The van der Waals surface area contributed by atoms with Crippen molar-refractivity contribution in [1.29, 1.82) is 0 Å². The predicted octanol–water partition coefficient (Wildman–Crippen LogP) is 11.1. The maximum atomic E-state index is 13.8. The number of hydrogen-bond donors (Lipinski definition) is 1. The van der Waals surface area contributed by atoms with Gasteiger partial charge in [0.05, 0.1) is 17.8 Å². The summed E-state index contributed by atoms with van der Waals surface area (Å²) < 4.78 is 32.8. The number of carboxylic acid groups (broad SMARTS) is 1. The van der Waals surface area contributed by atoms with E-state index in [1.807, 2.05) is 72.8 Å². The van der Waals surface area contributed by atoms with E-state index in [1.165, 1.54) is 0 Å². The molecule has 1 saturated carbocycles. The largest absolute Gasteiger partial charge is 0.491 e. The number of carbonyl (C=O) groups excluding carboxylic acids is 1. The van der Waals surface area contributed by atoms with Crippen LogP contribution in [0.4, 0.5) is 0 Å². The molecule has 1 aliphatic heterocycles. The molecule has 3 unspecified atom stereocenters. The van der Waals surface area contributed by atoms with Gasteiger partial charge in [0.1, 0.15) is 18.5 Å². The Morgan fingerprint density at radius 2 is 1.47 bits per heavy atom. The Morgan fingerprint density at radius 3 is 2.13 bits per heavy atom. The fraction of sp³-hybridized carbons (Fsp3) is 0.565. The number of benzene rings is 3. The van der Waals surface area contributed by atoms with Gasteiger partial charge in [-0.25, -0.2) is 4.79 Å². The number of ether oxygens (including phenoxy) is 4. The highest BCUT2D eigenvalue weighted by atomic mass is 28.4. The van der Waals surface area contributed by atoms with Gasteiger partial charge in [0.15, 0.2) is 14.6 Å². The lowest BCUT2D eigenvalue weighted by Crippen LogP contribution is -2.45. The smallest absolute Gasteiger partial charge is 0.338 e. The van der Waals surface area contributed by atoms with Crippen LogP contribution in [0.1, 0.15) is 108 Å². The molecule has 55 heavy (non-hydrogen) atoms. The highest BCUT2D eigenvalue weighted by Crippen LogP contribution is 2.45. The van der Waals surface area contributed by atoms with Crippen LogP contribution in [0.3, 0.4) is 0 Å². The molecule has 3 aromatic rings. The fourth-order valence-corrected chi connectivity index (χ4v) is 9.11. The van der Waals surface area contributed by atoms with E-state index in [4.69, 9.17) is 28.5 Å². The third-order valence-corrected chi connectivity index (χ3v) is 16.4. The van der Waals surface area contributed by atoms with Gasteiger partial charge in [0.25, 0.3) is 0 Å². The lowest BCUT2D eigenvalue weighted by atomic mass is 9.84. The molecule has 1 saturated heterocycles. The van der Waals surface area contributed by atoms with Gasteiger partial charge >= 0.3 is 11.9 Å². The number of unbranched alkanes of at least 4 members (excludes halogenated alkanes) is 3. The molecule has 8 nitrogen and oxygen atoms in total. The lowest BCUT2D eigenvalue weighted by molar-refractivity contribution is -0.196. The average Bonchev–Trinajstić information content (AvgIpc) is 3.48. The molecule has 300 valence electrons. The number of rotatable bonds is 20. The Morgan fingerprint density at radius 1 is 0.818 bits per heavy atom. The Labute approximate surface area is 330 Å². The highest BCUT2D eigenvalue weighted by molar-refractivity contribution is 6.74. The monoisotopic (exact) mass is 772 g/mol. The summed E-state index contributed by atoms with van der Waals surface area (Å²) in [5, 5.41) is 9.20. The molecule has 1 aliphatic carbocycles. The van der Waals surface area contributed by atoms with Gasteiger partial charge in [-0.1, -0.05) is 101 Å². The molecule has 1 N–H and O–H groups in total. The minimum Gasteiger partial charge on any atom is -0.491 e. The van der Waals surface area contributed by atoms with Crippen molar-refractivity contribution in [2.24, 2.45) is 11.8 Å². The van der Waals surface area contributed by atoms with Crippen molar-refractivity contribution in [3.8, 4) is 16.9 Å². The number of para-hydroxylation sites is 1. The van der Waals surface area contributed by atoms with Gasteiger partial charge < -0.3 is 28.5 Å². The van der Waals surface area contributed by atoms with Crippen LogP contribution in [-0.4, -0.2) is 63.2 Å². The van der Waals surface area contributed by atoms with Crippen molar-refractivity contribution >= 4 is 20.3 Å². The van der Waals surface area contributed by atoms with Crippen molar-refractivity contribution in [1.82, 2.24) is 0 Å². The van der Waals surface area contributed by atoms with Crippen molar-refractivity contribution in [2.75, 3.05) is 13.2 Å². The van der Waals surface area contributed by atoms with Gasteiger partial charge in [-0.2, -0.15) is 0 Å². The highest BCUT2D eigenvalue weighted by Gasteiger charge is 2.47. The van der Waals surface area contributed by atoms with Gasteiger partial charge in [0.2, 0.25) is 0 Å². The zero-order valence-corrected chi connectivity index (χ0v) is 34.8. The number of carboxylic acids is 1. The lowest BCUT2D eigenvalue weighted by Gasteiger charge is -2.40. The predicted molar refractivity (Wildman–Crippen MR) is 220 cm³/mol. The van der Waals surface area contributed by atoms with Crippen LogP contribution in [0.15, 0.2) is 84.9 Å². The third kappa shape index (κ3) is 13.0. The molecule has 9 heteroatoms. The van der Waals surface area contributed by atoms with E-state index in [1.54, 1.807) is 0 Å². The Balaban J connectivity index is 1.36. The summed E-state index contributed by atoms with van der Waals surface area (Å²) in [4.78, 5) is 25.0. The number of esters is 1. The first kappa shape index (κ1) is 42.6. The molecule has 0 spiro atoms. The molecule has 2 fully saturated rings. The van der Waals surface area contributed by atoms with Crippen LogP contribution in [-0.2, 0) is 23.4 Å². The van der Waals surface area contributed by atoms with E-state index in [2.05, 4.69) is 46.0 Å². The van der Waals surface area contributed by atoms with Crippen LogP contribution >= 0.6 is 0 Å². The van der Waals surface area contributed by atoms with E-state index >= 15 is 0 Å². The Kier molecular flexibility index (Phi) is 16.0. The molecular weight excluding hydrogens is 709 g/mol. The second-order valence-electron chi connectivity index (χ2n) is 17.0. The minimum absolute atomic E-state index is 0.0388. The zero-order chi connectivity index (χ0) is 39.3. The first-order valence-corrected chi connectivity index (χ1v) is 23.5. The summed E-state index contributed by atoms with van der Waals surface area (Å²) in [6.45, 7) is 12.5. The SMILES string of the molecule is CC(C)(C)[Si](C)(C)OC(CC[C@H]1C(OC2CCCCO2)C[C@H](OC(=O)c2ccc(-c3ccccc3)cc2)[C@@H]1CCCCCCC(=O)O)COc1ccccc1. The van der Waals surface area contributed by atoms with Gasteiger partial charge in [-0.15, -0.1) is 0 Å². The third-order valence-electron chi connectivity index (χ3n) is 11.9. The number of aliphatic carboxylic acids is 1. The maximum Gasteiger partial charge on any atom is 0.338 e. The molecule has 1 heterocycles. The summed E-state index contributed by atoms with van der Waals surface area (Å²) in [5.74, 6) is -0.0586. The molecule has 6 atom stereocenters. The maximum absolute atomic E-state index is 13.8. The first-order chi connectivity index (χ1) is 26.4. The topological polar surface area (TPSA) is 101 Å². The van der Waals surface area contributed by atoms with E-state index in [0.717, 1.165) is 74.7 Å². The van der Waals surface area contributed by atoms with Crippen molar-refractivity contribution in [3.63, 3.8) is 0 Å². The van der Waals surface area contributed by atoms with E-state index < -0.39 is 14.3 Å². The Hall–Kier alpha value is -3.50. The van der Waals surface area contributed by atoms with Crippen molar-refractivity contribution < 1.29 is 38.1 Å². The minimum atomic E-state index is -2.14. The fourth-order valence-electron chi connectivity index (χ4n) is 7.73. The van der Waals surface area contributed by atoms with Gasteiger partial charge in [0, 0.05) is 25.4 Å². The van der Waals surface area contributed by atoms with Gasteiger partial charge in [-0.3, -0.25) is 4.79 Å². The second kappa shape index (κ2) is 20.6. The summed E-state index contributed by atoms with van der Waals surface area (Å²) in [6.07, 6.45) is 8.78. The van der Waals surface area contributed by atoms with Crippen LogP contribution in [0, 0.1) is 11.8 Å². The molecule has 2 aliphatic rings. The normalized spacial score (nSPS) is 22.2. The van der Waals surface area contributed by atoms with Crippen LogP contribution < -0.4 is 4.74 Å². The summed E-state index contributed by atoms with van der Waals surface area (Å²) in [5.41, 5.74) is 2.68. The average molecular weight is 773 g/mol. The summed E-state index contributed by atoms with van der Waals surface area (Å²) in [7, 11) is -2.14. The Bertz CT molecular complexity index is 1580. The standard InChI is InChI=1S/C46H64O8Si/c1-46(2,3)55(4,5)54-38(33-51-37-20-12-9-13-21-37)29-30-40-39(22-14-6-7-15-23-43(47)48)42(32-41(40)52-44-24-16-17-31-50-44)53-45(49)36-27-25-35(26-28-36)34-18-10-8-11-19-34/h8-13,18-21,25-28,38-42,44H,6-7,14-17,22-24,29-33H2,1-5H3,(H,47,48)/t38?,39-,40-,41?,42+,44?/m1/s1. The van der Waals surface area contributed by atoms with Crippen LogP contribution in [0.2, 0.25) is 18.1 Å². The van der Waals surface area contributed by atoms with Gasteiger partial charge in [-0.05, 0) is 104 Å². The molecular formula is C46H64O8Si. The van der Waals surface area contributed by atoms with E-state index in [0.29, 0.717) is 31.6 Å². The quantitative estimate of drug-likeness (QED) is 0.0688. The number of hydrogen-bond acceptors (Lipinski definition) is 7. The zero-order valence-electron chi connectivity index (χ0n) is 33.8. The molecule has 0 amide bonds. The summed E-state index contributed by atoms with van der Waals surface area (Å²) >= 11 is 0. The first-order valence-electron chi connectivity index (χ1n) is 20.6. The van der Waals surface area contributed by atoms with E-state index in [-0.39, 0.29) is 53.9 Å². The molecule has 0 aromatic heterocycles. The van der Waals surface area contributed by atoms with Crippen molar-refractivity contribution in [2.45, 2.75) is 141 Å². The molecule has 3 aromatic carbocycles.